The summed E-state index contributed by atoms with van der Waals surface area (Å²) in [6, 6.07) is 5.61. The third-order valence-electron chi connectivity index (χ3n) is 3.54. The predicted octanol–water partition coefficient (Wildman–Crippen LogP) is 3.69. The number of benzene rings is 1. The molecule has 0 radical (unpaired) electrons. The second kappa shape index (κ2) is 5.74. The molecular weight excluding hydrogens is 292 g/mol. The summed E-state index contributed by atoms with van der Waals surface area (Å²) in [5.41, 5.74) is 6.27. The van der Waals surface area contributed by atoms with Gasteiger partial charge in [-0.15, -0.1) is 0 Å². The van der Waals surface area contributed by atoms with Crippen LogP contribution in [0.25, 0.3) is 0 Å². The molecule has 3 nitrogen and oxygen atoms in total. The summed E-state index contributed by atoms with van der Waals surface area (Å²) in [5, 5.41) is 7.60. The van der Waals surface area contributed by atoms with Crippen LogP contribution in [-0.2, 0) is 0 Å². The molecule has 0 amide bonds. The molecule has 0 aromatic heterocycles. The molecule has 0 heterocycles. The van der Waals surface area contributed by atoms with Crippen LogP contribution in [0.4, 0.5) is 0 Å². The Morgan fingerprint density at radius 2 is 2.11 bits per heavy atom. The Morgan fingerprint density at radius 3 is 2.78 bits per heavy atom. The Labute approximate surface area is 116 Å². The molecule has 4 heteroatoms. The third kappa shape index (κ3) is 3.05. The lowest BCUT2D eigenvalue weighted by atomic mass is 9.88. The minimum atomic E-state index is 0.0564. The summed E-state index contributed by atoms with van der Waals surface area (Å²) in [7, 11) is 0. The number of nitrogen functional groups attached to an aromatic ring is 1. The summed E-state index contributed by atoms with van der Waals surface area (Å²) in [4.78, 5) is 0. The molecule has 0 aliphatic heterocycles. The number of hydrogen-bond acceptors (Lipinski definition) is 2. The molecule has 1 aliphatic rings. The van der Waals surface area contributed by atoms with Gasteiger partial charge in [-0.3, -0.25) is 5.41 Å². The van der Waals surface area contributed by atoms with E-state index in [2.05, 4.69) is 22.9 Å². The van der Waals surface area contributed by atoms with E-state index in [-0.39, 0.29) is 11.9 Å². The van der Waals surface area contributed by atoms with Gasteiger partial charge in [0.15, 0.2) is 0 Å². The van der Waals surface area contributed by atoms with E-state index >= 15 is 0 Å². The molecule has 3 N–H and O–H groups in total. The number of ether oxygens (including phenoxy) is 1. The van der Waals surface area contributed by atoms with Crippen molar-refractivity contribution >= 4 is 21.8 Å². The Kier molecular flexibility index (Phi) is 4.27. The van der Waals surface area contributed by atoms with Gasteiger partial charge in [0.1, 0.15) is 17.7 Å². The molecule has 1 aromatic carbocycles. The highest BCUT2D eigenvalue weighted by molar-refractivity contribution is 9.10. The SMILES string of the molecule is CC1CCCCC1Oc1cc(Br)ccc1C(=N)N. The first-order valence-corrected chi connectivity index (χ1v) is 7.18. The van der Waals surface area contributed by atoms with E-state index < -0.39 is 0 Å². The van der Waals surface area contributed by atoms with Crippen LogP contribution in [0.3, 0.4) is 0 Å². The third-order valence-corrected chi connectivity index (χ3v) is 4.04. The van der Waals surface area contributed by atoms with Crippen molar-refractivity contribution in [2.75, 3.05) is 0 Å². The van der Waals surface area contributed by atoms with Gasteiger partial charge in [0.2, 0.25) is 0 Å². The van der Waals surface area contributed by atoms with E-state index in [9.17, 15) is 0 Å². The minimum absolute atomic E-state index is 0.0564. The fourth-order valence-corrected chi connectivity index (χ4v) is 2.78. The predicted molar refractivity (Wildman–Crippen MR) is 77.2 cm³/mol. The van der Waals surface area contributed by atoms with Gasteiger partial charge in [0.25, 0.3) is 0 Å². The lowest BCUT2D eigenvalue weighted by Crippen LogP contribution is -2.29. The zero-order chi connectivity index (χ0) is 13.1. The number of nitrogens with one attached hydrogen (secondary N) is 1. The molecule has 2 unspecified atom stereocenters. The molecule has 1 aliphatic carbocycles. The van der Waals surface area contributed by atoms with Crippen LogP contribution in [0.2, 0.25) is 0 Å². The van der Waals surface area contributed by atoms with Crippen molar-refractivity contribution < 1.29 is 4.74 Å². The van der Waals surface area contributed by atoms with Crippen LogP contribution in [0.15, 0.2) is 22.7 Å². The maximum absolute atomic E-state index is 7.60. The van der Waals surface area contributed by atoms with Crippen LogP contribution in [0.5, 0.6) is 5.75 Å². The highest BCUT2D eigenvalue weighted by Crippen LogP contribution is 2.31. The Morgan fingerprint density at radius 1 is 1.39 bits per heavy atom. The summed E-state index contributed by atoms with van der Waals surface area (Å²) in [6.45, 7) is 2.23. The van der Waals surface area contributed by atoms with Gasteiger partial charge in [-0.2, -0.15) is 0 Å². The Bertz CT molecular complexity index is 447. The average molecular weight is 311 g/mol. The van der Waals surface area contributed by atoms with Crippen molar-refractivity contribution in [1.29, 1.82) is 5.41 Å². The lowest BCUT2D eigenvalue weighted by Gasteiger charge is -2.30. The highest BCUT2D eigenvalue weighted by atomic mass is 79.9. The standard InChI is InChI=1S/C14H19BrN2O/c1-9-4-2-3-5-12(9)18-13-8-10(15)6-7-11(13)14(16)17/h6-9,12H,2-5H2,1H3,(H3,16,17). The fourth-order valence-electron chi connectivity index (χ4n) is 2.44. The average Bonchev–Trinajstić information content (AvgIpc) is 2.32. The molecule has 1 aromatic rings. The van der Waals surface area contributed by atoms with Crippen LogP contribution >= 0.6 is 15.9 Å². The largest absolute Gasteiger partial charge is 0.489 e. The molecule has 98 valence electrons. The topological polar surface area (TPSA) is 59.1 Å². The van der Waals surface area contributed by atoms with E-state index in [1.165, 1.54) is 19.3 Å². The van der Waals surface area contributed by atoms with Gasteiger partial charge in [-0.05, 0) is 43.4 Å². The second-order valence-electron chi connectivity index (χ2n) is 4.97. The van der Waals surface area contributed by atoms with Crippen molar-refractivity contribution in [3.05, 3.63) is 28.2 Å². The van der Waals surface area contributed by atoms with Crippen molar-refractivity contribution in [2.24, 2.45) is 11.7 Å². The number of rotatable bonds is 3. The van der Waals surface area contributed by atoms with Gasteiger partial charge in [0.05, 0.1) is 5.56 Å². The first-order valence-electron chi connectivity index (χ1n) is 6.38. The summed E-state index contributed by atoms with van der Waals surface area (Å²) < 4.78 is 7.04. The summed E-state index contributed by atoms with van der Waals surface area (Å²) in [5.74, 6) is 1.34. The van der Waals surface area contributed by atoms with Crippen LogP contribution in [0.1, 0.15) is 38.2 Å². The fraction of sp³-hybridized carbons (Fsp3) is 0.500. The molecule has 1 saturated carbocycles. The van der Waals surface area contributed by atoms with Gasteiger partial charge < -0.3 is 10.5 Å². The van der Waals surface area contributed by atoms with Crippen LogP contribution in [0, 0.1) is 11.3 Å². The first kappa shape index (κ1) is 13.4. The molecule has 0 saturated heterocycles. The smallest absolute Gasteiger partial charge is 0.131 e. The zero-order valence-corrected chi connectivity index (χ0v) is 12.2. The van der Waals surface area contributed by atoms with E-state index in [1.54, 1.807) is 0 Å². The van der Waals surface area contributed by atoms with Gasteiger partial charge in [0, 0.05) is 4.47 Å². The maximum atomic E-state index is 7.60. The summed E-state index contributed by atoms with van der Waals surface area (Å²) >= 11 is 3.43. The minimum Gasteiger partial charge on any atom is -0.489 e. The Hall–Kier alpha value is -1.03. The number of nitrogens with two attached hydrogens (primary N) is 1. The number of hydrogen-bond donors (Lipinski definition) is 2. The molecular formula is C14H19BrN2O. The molecule has 0 spiro atoms. The number of halogens is 1. The lowest BCUT2D eigenvalue weighted by molar-refractivity contribution is 0.102. The molecule has 18 heavy (non-hydrogen) atoms. The monoisotopic (exact) mass is 310 g/mol. The van der Waals surface area contributed by atoms with Crippen molar-refractivity contribution in [3.8, 4) is 5.75 Å². The number of amidine groups is 1. The van der Waals surface area contributed by atoms with Crippen LogP contribution < -0.4 is 10.5 Å². The van der Waals surface area contributed by atoms with Crippen molar-refractivity contribution in [3.63, 3.8) is 0 Å². The van der Waals surface area contributed by atoms with Gasteiger partial charge in [-0.25, -0.2) is 0 Å². The molecule has 2 atom stereocenters. The Balaban J connectivity index is 2.21. The highest BCUT2D eigenvalue weighted by Gasteiger charge is 2.24. The van der Waals surface area contributed by atoms with E-state index in [0.29, 0.717) is 11.5 Å². The zero-order valence-electron chi connectivity index (χ0n) is 10.6. The van der Waals surface area contributed by atoms with E-state index in [1.807, 2.05) is 18.2 Å². The first-order chi connectivity index (χ1) is 8.58. The van der Waals surface area contributed by atoms with Gasteiger partial charge in [-0.1, -0.05) is 29.3 Å². The van der Waals surface area contributed by atoms with Crippen LogP contribution in [-0.4, -0.2) is 11.9 Å². The van der Waals surface area contributed by atoms with Crippen molar-refractivity contribution in [2.45, 2.75) is 38.7 Å². The van der Waals surface area contributed by atoms with Gasteiger partial charge >= 0.3 is 0 Å². The second-order valence-corrected chi connectivity index (χ2v) is 5.89. The van der Waals surface area contributed by atoms with E-state index in [4.69, 9.17) is 15.9 Å². The summed E-state index contributed by atoms with van der Waals surface area (Å²) in [6.07, 6.45) is 5.06. The molecule has 0 bridgehead atoms. The van der Waals surface area contributed by atoms with Crippen molar-refractivity contribution in [1.82, 2.24) is 0 Å². The normalized spacial score (nSPS) is 23.7. The molecule has 2 rings (SSSR count). The molecule has 1 fully saturated rings. The quantitative estimate of drug-likeness (QED) is 0.660. The maximum Gasteiger partial charge on any atom is 0.131 e. The van der Waals surface area contributed by atoms with E-state index in [0.717, 1.165) is 16.6 Å².